The number of rotatable bonds is 2. The predicted octanol–water partition coefficient (Wildman–Crippen LogP) is -0.0200. The van der Waals surface area contributed by atoms with Crippen LogP contribution in [0.2, 0.25) is 0 Å². The Morgan fingerprint density at radius 3 is 2.64 bits per heavy atom. The maximum atomic E-state index is 5.51. The Morgan fingerprint density at radius 2 is 2.09 bits per heavy atom. The topological polar surface area (TPSA) is 87.3 Å². The van der Waals surface area contributed by atoms with Crippen LogP contribution in [0.1, 0.15) is 5.56 Å². The lowest BCUT2D eigenvalue weighted by atomic mass is 10.2. The first-order valence-electron chi connectivity index (χ1n) is 3.23. The maximum Gasteiger partial charge on any atom is 0.169 e. The van der Waals surface area contributed by atoms with Crippen LogP contribution in [-0.2, 0) is 6.54 Å². The van der Waals surface area contributed by atoms with Gasteiger partial charge >= 0.3 is 0 Å². The lowest BCUT2D eigenvalue weighted by molar-refractivity contribution is 0.336. The Morgan fingerprint density at radius 1 is 1.36 bits per heavy atom. The normalized spacial score (nSPS) is 9.64. The lowest BCUT2D eigenvalue weighted by Crippen LogP contribution is -2.06. The van der Waals surface area contributed by atoms with Crippen LogP contribution in [0, 0.1) is 0 Å². The van der Waals surface area contributed by atoms with E-state index < -0.39 is 0 Å². The summed E-state index contributed by atoms with van der Waals surface area (Å²) in [4.78, 5) is 4.51. The lowest BCUT2D eigenvalue weighted by Gasteiger charge is -2.04. The first-order valence-corrected chi connectivity index (χ1v) is 3.23. The van der Waals surface area contributed by atoms with Crippen molar-refractivity contribution in [3.63, 3.8) is 0 Å². The molecule has 0 unspecified atom stereocenters. The molecule has 0 atom stereocenters. The summed E-state index contributed by atoms with van der Waals surface area (Å²) in [6.07, 6.45) is 0. The van der Waals surface area contributed by atoms with E-state index in [1.807, 2.05) is 6.07 Å². The highest BCUT2D eigenvalue weighted by atomic mass is 16.6. The quantitative estimate of drug-likeness (QED) is 0.411. The minimum atomic E-state index is 0.455. The van der Waals surface area contributed by atoms with Gasteiger partial charge in [-0.2, -0.15) is 5.90 Å². The minimum Gasteiger partial charge on any atom is -0.409 e. The van der Waals surface area contributed by atoms with Crippen molar-refractivity contribution in [2.75, 3.05) is 5.73 Å². The van der Waals surface area contributed by atoms with Gasteiger partial charge in [-0.1, -0.05) is 6.07 Å². The Labute approximate surface area is 64.9 Å². The number of benzene rings is 1. The van der Waals surface area contributed by atoms with E-state index in [2.05, 4.69) is 4.84 Å². The third-order valence-electron chi connectivity index (χ3n) is 1.44. The van der Waals surface area contributed by atoms with Gasteiger partial charge in [-0.3, -0.25) is 0 Å². The van der Waals surface area contributed by atoms with E-state index in [1.54, 1.807) is 12.1 Å². The molecule has 6 N–H and O–H groups in total. The van der Waals surface area contributed by atoms with E-state index in [-0.39, 0.29) is 0 Å². The highest BCUT2D eigenvalue weighted by molar-refractivity contribution is 5.53. The van der Waals surface area contributed by atoms with E-state index in [4.69, 9.17) is 17.4 Å². The SMILES string of the molecule is NCc1ccc(N)c(ON)c1. The zero-order valence-electron chi connectivity index (χ0n) is 6.08. The highest BCUT2D eigenvalue weighted by Crippen LogP contribution is 2.20. The minimum absolute atomic E-state index is 0.455. The molecule has 0 spiro atoms. The molecule has 1 rings (SSSR count). The van der Waals surface area contributed by atoms with Crippen LogP contribution in [0.25, 0.3) is 0 Å². The van der Waals surface area contributed by atoms with Crippen molar-refractivity contribution in [2.45, 2.75) is 6.54 Å². The number of anilines is 1. The molecule has 0 saturated carbocycles. The smallest absolute Gasteiger partial charge is 0.169 e. The van der Waals surface area contributed by atoms with E-state index >= 15 is 0 Å². The van der Waals surface area contributed by atoms with Crippen molar-refractivity contribution >= 4 is 5.69 Å². The fourth-order valence-electron chi connectivity index (χ4n) is 0.808. The van der Waals surface area contributed by atoms with Crippen LogP contribution in [0.4, 0.5) is 5.69 Å². The monoisotopic (exact) mass is 153 g/mol. The summed E-state index contributed by atoms with van der Waals surface area (Å²) in [6, 6.07) is 5.26. The summed E-state index contributed by atoms with van der Waals surface area (Å²) >= 11 is 0. The Balaban J connectivity index is 3.02. The molecule has 0 aromatic heterocycles. The second kappa shape index (κ2) is 3.23. The van der Waals surface area contributed by atoms with Crippen molar-refractivity contribution in [3.8, 4) is 5.75 Å². The number of nitrogen functional groups attached to an aromatic ring is 1. The molecule has 11 heavy (non-hydrogen) atoms. The first kappa shape index (κ1) is 7.84. The number of nitrogens with two attached hydrogens (primary N) is 3. The molecular weight excluding hydrogens is 142 g/mol. The van der Waals surface area contributed by atoms with Crippen molar-refractivity contribution in [2.24, 2.45) is 11.6 Å². The van der Waals surface area contributed by atoms with E-state index in [9.17, 15) is 0 Å². The molecule has 0 aliphatic rings. The van der Waals surface area contributed by atoms with Crippen LogP contribution < -0.4 is 22.2 Å². The highest BCUT2D eigenvalue weighted by Gasteiger charge is 1.99. The van der Waals surface area contributed by atoms with Crippen LogP contribution in [0.3, 0.4) is 0 Å². The van der Waals surface area contributed by atoms with Crippen LogP contribution in [-0.4, -0.2) is 0 Å². The van der Waals surface area contributed by atoms with Gasteiger partial charge in [0.05, 0.1) is 5.69 Å². The molecular formula is C7H11N3O. The molecule has 4 heteroatoms. The summed E-state index contributed by atoms with van der Waals surface area (Å²) in [6.45, 7) is 0.455. The van der Waals surface area contributed by atoms with E-state index in [0.29, 0.717) is 18.0 Å². The molecule has 60 valence electrons. The van der Waals surface area contributed by atoms with Crippen molar-refractivity contribution < 1.29 is 4.84 Å². The fourth-order valence-corrected chi connectivity index (χ4v) is 0.808. The summed E-state index contributed by atoms with van der Waals surface area (Å²) < 4.78 is 0. The fraction of sp³-hybridized carbons (Fsp3) is 0.143. The van der Waals surface area contributed by atoms with Gasteiger partial charge in [-0.05, 0) is 17.7 Å². The van der Waals surface area contributed by atoms with Gasteiger partial charge in [-0.15, -0.1) is 0 Å². The molecule has 0 aliphatic heterocycles. The van der Waals surface area contributed by atoms with Crippen molar-refractivity contribution in [3.05, 3.63) is 23.8 Å². The Bertz CT molecular complexity index is 249. The van der Waals surface area contributed by atoms with Gasteiger partial charge in [0.2, 0.25) is 0 Å². The Hall–Kier alpha value is -1.26. The molecule has 0 bridgehead atoms. The largest absolute Gasteiger partial charge is 0.409 e. The van der Waals surface area contributed by atoms with Crippen molar-refractivity contribution in [1.29, 1.82) is 0 Å². The maximum absolute atomic E-state index is 5.51. The van der Waals surface area contributed by atoms with Gasteiger partial charge in [0.15, 0.2) is 5.75 Å². The second-order valence-corrected chi connectivity index (χ2v) is 2.19. The molecule has 0 aliphatic carbocycles. The zero-order valence-corrected chi connectivity index (χ0v) is 6.08. The summed E-state index contributed by atoms with van der Waals surface area (Å²) in [5.74, 6) is 5.42. The van der Waals surface area contributed by atoms with Crippen molar-refractivity contribution in [1.82, 2.24) is 0 Å². The van der Waals surface area contributed by atoms with E-state index in [0.717, 1.165) is 5.56 Å². The number of hydrogen-bond acceptors (Lipinski definition) is 4. The van der Waals surface area contributed by atoms with Gasteiger partial charge < -0.3 is 16.3 Å². The molecule has 0 saturated heterocycles. The molecule has 0 amide bonds. The molecule has 0 fully saturated rings. The van der Waals surface area contributed by atoms with Gasteiger partial charge in [-0.25, -0.2) is 0 Å². The van der Waals surface area contributed by atoms with Crippen LogP contribution in [0.15, 0.2) is 18.2 Å². The standard InChI is InChI=1S/C7H11N3O/c8-4-5-1-2-6(9)7(3-5)11-10/h1-3H,4,8-10H2. The molecule has 1 aromatic rings. The second-order valence-electron chi connectivity index (χ2n) is 2.19. The van der Waals surface area contributed by atoms with Crippen LogP contribution >= 0.6 is 0 Å². The zero-order chi connectivity index (χ0) is 8.27. The summed E-state index contributed by atoms with van der Waals surface area (Å²) in [7, 11) is 0. The van der Waals surface area contributed by atoms with E-state index in [1.165, 1.54) is 0 Å². The van der Waals surface area contributed by atoms with Gasteiger partial charge in [0.25, 0.3) is 0 Å². The third-order valence-corrected chi connectivity index (χ3v) is 1.44. The molecule has 0 radical (unpaired) electrons. The predicted molar refractivity (Wildman–Crippen MR) is 43.6 cm³/mol. The molecule has 4 nitrogen and oxygen atoms in total. The average molecular weight is 153 g/mol. The summed E-state index contributed by atoms with van der Waals surface area (Å²) in [5, 5.41) is 0. The number of hydrogen-bond donors (Lipinski definition) is 3. The summed E-state index contributed by atoms with van der Waals surface area (Å²) in [5.41, 5.74) is 12.4. The Kier molecular flexibility index (Phi) is 2.30. The van der Waals surface area contributed by atoms with Gasteiger partial charge in [0.1, 0.15) is 0 Å². The van der Waals surface area contributed by atoms with Crippen LogP contribution in [0.5, 0.6) is 5.75 Å². The average Bonchev–Trinajstić information content (AvgIpc) is 2.05. The third kappa shape index (κ3) is 1.60. The van der Waals surface area contributed by atoms with Gasteiger partial charge in [0, 0.05) is 6.54 Å². The molecule has 0 heterocycles. The molecule has 1 aromatic carbocycles. The first-order chi connectivity index (χ1) is 5.27.